The van der Waals surface area contributed by atoms with E-state index in [1.807, 2.05) is 0 Å². The Balaban J connectivity index is 3.77. The summed E-state index contributed by atoms with van der Waals surface area (Å²) in [6, 6.07) is 0. The molecule has 0 aliphatic rings. The summed E-state index contributed by atoms with van der Waals surface area (Å²) in [6.45, 7) is 0. The summed E-state index contributed by atoms with van der Waals surface area (Å²) in [5, 5.41) is 15.2. The van der Waals surface area contributed by atoms with Crippen LogP contribution in [0, 0.1) is 5.41 Å². The van der Waals surface area contributed by atoms with Crippen molar-refractivity contribution >= 4 is 17.6 Å². The van der Waals surface area contributed by atoms with Crippen molar-refractivity contribution in [1.82, 2.24) is 4.90 Å². The van der Waals surface area contributed by atoms with Crippen molar-refractivity contribution in [3.63, 3.8) is 0 Å². The van der Waals surface area contributed by atoms with Gasteiger partial charge in [0, 0.05) is 26.9 Å². The van der Waals surface area contributed by atoms with E-state index in [4.69, 9.17) is 10.5 Å². The summed E-state index contributed by atoms with van der Waals surface area (Å²) < 4.78 is 0. The molecule has 0 atom stereocenters. The van der Waals surface area contributed by atoms with E-state index >= 15 is 0 Å². The number of nitrogens with one attached hydrogen (secondary N) is 1. The van der Waals surface area contributed by atoms with Gasteiger partial charge in [0.1, 0.15) is 5.71 Å². The lowest BCUT2D eigenvalue weighted by atomic mass is 10.2. The summed E-state index contributed by atoms with van der Waals surface area (Å²) >= 11 is 0. The molecule has 5 nitrogen and oxygen atoms in total. The number of rotatable bonds is 4. The largest absolute Gasteiger partial charge is 0.477 e. The SMILES string of the molecule is CN(C)C(=O)CCC(=N)C(=O)O. The minimum atomic E-state index is -1.26. The van der Waals surface area contributed by atoms with Gasteiger partial charge in [-0.05, 0) is 0 Å². The molecule has 0 radical (unpaired) electrons. The lowest BCUT2D eigenvalue weighted by Gasteiger charge is -2.08. The average molecular weight is 172 g/mol. The minimum absolute atomic E-state index is 0.00759. The highest BCUT2D eigenvalue weighted by atomic mass is 16.4. The Hall–Kier alpha value is -1.39. The fourth-order valence-electron chi connectivity index (χ4n) is 0.562. The number of carboxylic acid groups (broad SMARTS) is 1. The summed E-state index contributed by atoms with van der Waals surface area (Å²) in [5.74, 6) is -1.43. The zero-order valence-corrected chi connectivity index (χ0v) is 7.13. The molecular weight excluding hydrogens is 160 g/mol. The van der Waals surface area contributed by atoms with Crippen LogP contribution in [0.3, 0.4) is 0 Å². The van der Waals surface area contributed by atoms with E-state index in [-0.39, 0.29) is 18.7 Å². The molecule has 1 amide bonds. The maximum atomic E-state index is 10.9. The molecule has 0 rings (SSSR count). The molecule has 0 saturated carbocycles. The highest BCUT2D eigenvalue weighted by molar-refractivity contribution is 6.34. The van der Waals surface area contributed by atoms with Gasteiger partial charge < -0.3 is 10.0 Å². The molecule has 0 aromatic heterocycles. The van der Waals surface area contributed by atoms with E-state index in [1.165, 1.54) is 4.90 Å². The van der Waals surface area contributed by atoms with Crippen LogP contribution < -0.4 is 0 Å². The van der Waals surface area contributed by atoms with Gasteiger partial charge in [-0.3, -0.25) is 10.2 Å². The minimum Gasteiger partial charge on any atom is -0.477 e. The van der Waals surface area contributed by atoms with Gasteiger partial charge in [-0.1, -0.05) is 0 Å². The molecule has 0 aliphatic carbocycles. The van der Waals surface area contributed by atoms with Crippen LogP contribution in [0.15, 0.2) is 0 Å². The van der Waals surface area contributed by atoms with Gasteiger partial charge >= 0.3 is 5.97 Å². The van der Waals surface area contributed by atoms with E-state index in [0.29, 0.717) is 0 Å². The van der Waals surface area contributed by atoms with Crippen LogP contribution in [0.25, 0.3) is 0 Å². The Bertz CT molecular complexity index is 211. The molecule has 0 aromatic rings. The van der Waals surface area contributed by atoms with Crippen LogP contribution in [0.2, 0.25) is 0 Å². The van der Waals surface area contributed by atoms with E-state index in [1.54, 1.807) is 14.1 Å². The Morgan fingerprint density at radius 1 is 1.33 bits per heavy atom. The standard InChI is InChI=1S/C7H12N2O3/c1-9(2)6(10)4-3-5(8)7(11)12/h8H,3-4H2,1-2H3,(H,11,12). The second kappa shape index (κ2) is 4.48. The number of aliphatic carboxylic acids is 1. The first-order valence-electron chi connectivity index (χ1n) is 3.46. The van der Waals surface area contributed by atoms with Gasteiger partial charge in [0.25, 0.3) is 0 Å². The molecule has 12 heavy (non-hydrogen) atoms. The van der Waals surface area contributed by atoms with Gasteiger partial charge in [0.15, 0.2) is 0 Å². The third-order valence-corrected chi connectivity index (χ3v) is 1.35. The first-order chi connectivity index (χ1) is 5.45. The van der Waals surface area contributed by atoms with Crippen molar-refractivity contribution in [3.05, 3.63) is 0 Å². The summed E-state index contributed by atoms with van der Waals surface area (Å²) in [5.41, 5.74) is -0.426. The smallest absolute Gasteiger partial charge is 0.349 e. The second-order valence-corrected chi connectivity index (χ2v) is 2.57. The van der Waals surface area contributed by atoms with Gasteiger partial charge in [0.05, 0.1) is 0 Å². The predicted molar refractivity (Wildman–Crippen MR) is 43.3 cm³/mol. The second-order valence-electron chi connectivity index (χ2n) is 2.57. The predicted octanol–water partition coefficient (Wildman–Crippen LogP) is -0.0408. The molecule has 0 saturated heterocycles. The topological polar surface area (TPSA) is 81.5 Å². The highest BCUT2D eigenvalue weighted by Crippen LogP contribution is 1.95. The highest BCUT2D eigenvalue weighted by Gasteiger charge is 2.10. The maximum Gasteiger partial charge on any atom is 0.349 e. The van der Waals surface area contributed by atoms with Crippen molar-refractivity contribution in [2.75, 3.05) is 14.1 Å². The van der Waals surface area contributed by atoms with E-state index < -0.39 is 11.7 Å². The zero-order valence-electron chi connectivity index (χ0n) is 7.13. The molecule has 2 N–H and O–H groups in total. The van der Waals surface area contributed by atoms with Gasteiger partial charge in [-0.15, -0.1) is 0 Å². The average Bonchev–Trinajstić information content (AvgIpc) is 1.98. The number of nitrogens with zero attached hydrogens (tertiary/aromatic N) is 1. The third-order valence-electron chi connectivity index (χ3n) is 1.35. The van der Waals surface area contributed by atoms with Gasteiger partial charge in [-0.2, -0.15) is 0 Å². The first kappa shape index (κ1) is 10.6. The van der Waals surface area contributed by atoms with Crippen LogP contribution in [0.5, 0.6) is 0 Å². The first-order valence-corrected chi connectivity index (χ1v) is 3.46. The van der Waals surface area contributed by atoms with Crippen molar-refractivity contribution in [2.24, 2.45) is 0 Å². The summed E-state index contributed by atoms with van der Waals surface area (Å²) in [7, 11) is 3.18. The number of carbonyl (C=O) groups excluding carboxylic acids is 1. The third kappa shape index (κ3) is 3.70. The lowest BCUT2D eigenvalue weighted by Crippen LogP contribution is -2.23. The van der Waals surface area contributed by atoms with E-state index in [0.717, 1.165) is 0 Å². The van der Waals surface area contributed by atoms with E-state index in [9.17, 15) is 9.59 Å². The van der Waals surface area contributed by atoms with Crippen molar-refractivity contribution in [1.29, 1.82) is 5.41 Å². The van der Waals surface area contributed by atoms with Crippen molar-refractivity contribution in [3.8, 4) is 0 Å². The molecular formula is C7H12N2O3. The molecule has 68 valence electrons. The molecule has 0 aliphatic heterocycles. The van der Waals surface area contributed by atoms with Gasteiger partial charge in [0.2, 0.25) is 5.91 Å². The normalized spacial score (nSPS) is 9.17. The van der Waals surface area contributed by atoms with Crippen LogP contribution in [-0.2, 0) is 9.59 Å². The fourth-order valence-corrected chi connectivity index (χ4v) is 0.562. The zero-order chi connectivity index (χ0) is 9.72. The number of carbonyl (C=O) groups is 2. The van der Waals surface area contributed by atoms with Crippen molar-refractivity contribution < 1.29 is 14.7 Å². The van der Waals surface area contributed by atoms with Crippen LogP contribution in [0.4, 0.5) is 0 Å². The molecule has 5 heteroatoms. The molecule has 0 bridgehead atoms. The molecule has 0 unspecified atom stereocenters. The molecule has 0 heterocycles. The van der Waals surface area contributed by atoms with E-state index in [2.05, 4.69) is 0 Å². The summed E-state index contributed by atoms with van der Waals surface area (Å²) in [4.78, 5) is 22.4. The lowest BCUT2D eigenvalue weighted by molar-refractivity contribution is -0.129. The van der Waals surface area contributed by atoms with Crippen molar-refractivity contribution in [2.45, 2.75) is 12.8 Å². The fraction of sp³-hybridized carbons (Fsp3) is 0.571. The van der Waals surface area contributed by atoms with Gasteiger partial charge in [-0.25, -0.2) is 4.79 Å². The number of hydrogen-bond donors (Lipinski definition) is 2. The Morgan fingerprint density at radius 3 is 2.17 bits per heavy atom. The molecule has 0 spiro atoms. The monoisotopic (exact) mass is 172 g/mol. The quantitative estimate of drug-likeness (QED) is 0.584. The molecule has 0 aromatic carbocycles. The Kier molecular flexibility index (Phi) is 3.96. The number of carboxylic acids is 1. The summed E-state index contributed by atoms with van der Waals surface area (Å²) in [6.07, 6.45) is 0.0739. The van der Waals surface area contributed by atoms with Crippen LogP contribution in [0.1, 0.15) is 12.8 Å². The molecule has 0 fully saturated rings. The number of hydrogen-bond acceptors (Lipinski definition) is 3. The van der Waals surface area contributed by atoms with Crippen LogP contribution in [-0.4, -0.2) is 41.7 Å². The Labute approximate surface area is 70.5 Å². The maximum absolute atomic E-state index is 10.9. The number of amides is 1. The van der Waals surface area contributed by atoms with Crippen LogP contribution >= 0.6 is 0 Å². The Morgan fingerprint density at radius 2 is 1.83 bits per heavy atom.